The second kappa shape index (κ2) is 9.52. The number of nitrogens with one attached hydrogen (secondary N) is 1. The Balaban J connectivity index is 1.51. The normalized spacial score (nSPS) is 14.6. The largest absolute Gasteiger partial charge is 0.382 e. The van der Waals surface area contributed by atoms with E-state index in [-0.39, 0.29) is 17.4 Å². The van der Waals surface area contributed by atoms with Crippen molar-refractivity contribution in [2.24, 2.45) is 0 Å². The molecule has 1 aromatic carbocycles. The average Bonchev–Trinajstić information content (AvgIpc) is 3.04. The minimum absolute atomic E-state index is 0.0202. The van der Waals surface area contributed by atoms with Crippen LogP contribution >= 0.6 is 0 Å². The van der Waals surface area contributed by atoms with Gasteiger partial charge in [0.05, 0.1) is 23.8 Å². The molecule has 9 heteroatoms. The van der Waals surface area contributed by atoms with Crippen LogP contribution in [0.1, 0.15) is 27.3 Å². The lowest BCUT2D eigenvalue weighted by molar-refractivity contribution is 0.0762. The predicted octanol–water partition coefficient (Wildman–Crippen LogP) is 2.15. The summed E-state index contributed by atoms with van der Waals surface area (Å²) in [6, 6.07) is 10.6. The van der Waals surface area contributed by atoms with Gasteiger partial charge in [-0.3, -0.25) is 14.6 Å². The Morgan fingerprint density at radius 3 is 2.59 bits per heavy atom. The summed E-state index contributed by atoms with van der Waals surface area (Å²) in [6.07, 6.45) is 5.62. The van der Waals surface area contributed by atoms with Gasteiger partial charge in [0.25, 0.3) is 11.8 Å². The highest BCUT2D eigenvalue weighted by Gasteiger charge is 2.19. The zero-order valence-corrected chi connectivity index (χ0v) is 17.9. The topological polar surface area (TPSA) is 117 Å². The summed E-state index contributed by atoms with van der Waals surface area (Å²) in [6.45, 7) is 3.34. The van der Waals surface area contributed by atoms with Crippen LogP contribution < -0.4 is 11.1 Å². The van der Waals surface area contributed by atoms with Gasteiger partial charge >= 0.3 is 0 Å². The zero-order chi connectivity index (χ0) is 22.5. The van der Waals surface area contributed by atoms with Crippen LogP contribution in [0.3, 0.4) is 0 Å². The first-order chi connectivity index (χ1) is 15.5. The number of rotatable bonds is 4. The maximum Gasteiger partial charge on any atom is 0.278 e. The van der Waals surface area contributed by atoms with E-state index in [9.17, 15) is 9.59 Å². The molecule has 0 saturated carbocycles. The molecule has 2 aromatic heterocycles. The average molecular weight is 432 g/mol. The molecule has 4 rings (SSSR count). The number of carbonyl (C=O) groups is 2. The van der Waals surface area contributed by atoms with Gasteiger partial charge in [0.15, 0.2) is 11.5 Å². The summed E-state index contributed by atoms with van der Waals surface area (Å²) >= 11 is 0. The number of hydrogen-bond acceptors (Lipinski definition) is 7. The predicted molar refractivity (Wildman–Crippen MR) is 122 cm³/mol. The first-order valence-corrected chi connectivity index (χ1v) is 10.4. The first-order valence-electron chi connectivity index (χ1n) is 10.4. The number of amides is 2. The molecule has 3 heterocycles. The molecule has 0 aliphatic carbocycles. The molecule has 0 radical (unpaired) electrons. The van der Waals surface area contributed by atoms with Crippen molar-refractivity contribution in [2.45, 2.75) is 6.42 Å². The van der Waals surface area contributed by atoms with Crippen molar-refractivity contribution >= 4 is 23.3 Å². The van der Waals surface area contributed by atoms with E-state index in [1.807, 2.05) is 4.90 Å². The maximum atomic E-state index is 12.9. The molecule has 9 nitrogen and oxygen atoms in total. The van der Waals surface area contributed by atoms with E-state index >= 15 is 0 Å². The van der Waals surface area contributed by atoms with Gasteiger partial charge < -0.3 is 20.9 Å². The van der Waals surface area contributed by atoms with Gasteiger partial charge in [0, 0.05) is 37.0 Å². The van der Waals surface area contributed by atoms with Gasteiger partial charge in [-0.2, -0.15) is 0 Å². The Labute approximate surface area is 186 Å². The van der Waals surface area contributed by atoms with Crippen LogP contribution in [-0.2, 0) is 0 Å². The number of nitrogens with two attached hydrogens (primary N) is 1. The number of carbonyl (C=O) groups excluding carboxylic acids is 2. The number of benzene rings is 1. The molecule has 3 aromatic rings. The summed E-state index contributed by atoms with van der Waals surface area (Å²) in [7, 11) is 2.07. The second-order valence-electron chi connectivity index (χ2n) is 7.71. The molecule has 1 fully saturated rings. The Bertz CT molecular complexity index is 1100. The van der Waals surface area contributed by atoms with E-state index in [1.54, 1.807) is 42.6 Å². The molecule has 0 atom stereocenters. The molecule has 1 aliphatic rings. The Morgan fingerprint density at radius 2 is 1.84 bits per heavy atom. The SMILES string of the molecule is CN1CCCN(C(=O)c2ccc(-c3cnc(N)c(C(=O)Nc4cccnc4)n3)cc2)CC1. The fourth-order valence-corrected chi connectivity index (χ4v) is 3.55. The molecule has 0 unspecified atom stereocenters. The molecule has 0 bridgehead atoms. The van der Waals surface area contributed by atoms with E-state index < -0.39 is 5.91 Å². The van der Waals surface area contributed by atoms with Crippen LogP contribution in [0.4, 0.5) is 11.5 Å². The van der Waals surface area contributed by atoms with E-state index in [1.165, 1.54) is 12.4 Å². The minimum Gasteiger partial charge on any atom is -0.382 e. The monoisotopic (exact) mass is 431 g/mol. The number of nitrogens with zero attached hydrogens (tertiary/aromatic N) is 5. The molecule has 1 aliphatic heterocycles. The number of nitrogen functional groups attached to an aromatic ring is 1. The number of aromatic nitrogens is 3. The van der Waals surface area contributed by atoms with Gasteiger partial charge in [-0.15, -0.1) is 0 Å². The number of hydrogen-bond donors (Lipinski definition) is 2. The van der Waals surface area contributed by atoms with Gasteiger partial charge in [0.1, 0.15) is 0 Å². The van der Waals surface area contributed by atoms with Crippen LogP contribution in [0.2, 0.25) is 0 Å². The summed E-state index contributed by atoms with van der Waals surface area (Å²) in [4.78, 5) is 42.1. The fourth-order valence-electron chi connectivity index (χ4n) is 3.55. The lowest BCUT2D eigenvalue weighted by Gasteiger charge is -2.20. The van der Waals surface area contributed by atoms with Crippen molar-refractivity contribution in [3.63, 3.8) is 0 Å². The van der Waals surface area contributed by atoms with Crippen molar-refractivity contribution < 1.29 is 9.59 Å². The number of anilines is 2. The number of pyridine rings is 1. The molecule has 3 N–H and O–H groups in total. The quantitative estimate of drug-likeness (QED) is 0.650. The number of likely N-dealkylation sites (N-methyl/N-ethyl adjacent to an activating group) is 1. The third-order valence-electron chi connectivity index (χ3n) is 5.37. The smallest absolute Gasteiger partial charge is 0.278 e. The molecular formula is C23H25N7O2. The Hall–Kier alpha value is -3.85. The lowest BCUT2D eigenvalue weighted by atomic mass is 10.1. The van der Waals surface area contributed by atoms with Crippen LogP contribution in [-0.4, -0.2) is 69.8 Å². The van der Waals surface area contributed by atoms with E-state index in [4.69, 9.17) is 5.73 Å². The first kappa shape index (κ1) is 21.4. The van der Waals surface area contributed by atoms with Crippen LogP contribution in [0.15, 0.2) is 55.0 Å². The minimum atomic E-state index is -0.470. The lowest BCUT2D eigenvalue weighted by Crippen LogP contribution is -2.34. The third kappa shape index (κ3) is 4.89. The van der Waals surface area contributed by atoms with Gasteiger partial charge in [-0.1, -0.05) is 12.1 Å². The third-order valence-corrected chi connectivity index (χ3v) is 5.37. The summed E-state index contributed by atoms with van der Waals surface area (Å²) < 4.78 is 0. The molecule has 32 heavy (non-hydrogen) atoms. The van der Waals surface area contributed by atoms with E-state index in [2.05, 4.69) is 32.2 Å². The van der Waals surface area contributed by atoms with Crippen molar-refractivity contribution in [3.8, 4) is 11.3 Å². The van der Waals surface area contributed by atoms with Gasteiger partial charge in [0.2, 0.25) is 0 Å². The summed E-state index contributed by atoms with van der Waals surface area (Å²) in [5.74, 6) is -0.414. The van der Waals surface area contributed by atoms with Crippen molar-refractivity contribution in [1.29, 1.82) is 0 Å². The van der Waals surface area contributed by atoms with Crippen LogP contribution in [0.25, 0.3) is 11.3 Å². The van der Waals surface area contributed by atoms with Crippen molar-refractivity contribution in [3.05, 3.63) is 66.2 Å². The summed E-state index contributed by atoms with van der Waals surface area (Å²) in [5, 5.41) is 2.71. The Morgan fingerprint density at radius 1 is 1.03 bits per heavy atom. The molecular weight excluding hydrogens is 406 g/mol. The standard InChI is InChI=1S/C23H25N7O2/c1-29-10-3-11-30(13-12-29)23(32)17-7-5-16(6-8-17)19-15-26-21(24)20(28-19)22(31)27-18-4-2-9-25-14-18/h2,4-9,14-15H,3,10-13H2,1H3,(H2,24,26)(H,27,31). The van der Waals surface area contributed by atoms with Crippen LogP contribution in [0, 0.1) is 0 Å². The van der Waals surface area contributed by atoms with Crippen molar-refractivity contribution in [2.75, 3.05) is 44.3 Å². The highest BCUT2D eigenvalue weighted by Crippen LogP contribution is 2.21. The van der Waals surface area contributed by atoms with Gasteiger partial charge in [-0.25, -0.2) is 9.97 Å². The van der Waals surface area contributed by atoms with E-state index in [0.717, 1.165) is 38.2 Å². The highest BCUT2D eigenvalue weighted by atomic mass is 16.2. The molecule has 164 valence electrons. The van der Waals surface area contributed by atoms with Crippen LogP contribution in [0.5, 0.6) is 0 Å². The fraction of sp³-hybridized carbons (Fsp3) is 0.261. The highest BCUT2D eigenvalue weighted by molar-refractivity contribution is 6.05. The summed E-state index contributed by atoms with van der Waals surface area (Å²) in [5.41, 5.74) is 8.30. The Kier molecular flexibility index (Phi) is 6.37. The van der Waals surface area contributed by atoms with Gasteiger partial charge in [-0.05, 0) is 44.3 Å². The molecule has 0 spiro atoms. The molecule has 2 amide bonds. The zero-order valence-electron chi connectivity index (χ0n) is 17.9. The van der Waals surface area contributed by atoms with Crippen molar-refractivity contribution in [1.82, 2.24) is 24.8 Å². The maximum absolute atomic E-state index is 12.9. The molecule has 1 saturated heterocycles. The van der Waals surface area contributed by atoms with E-state index in [0.29, 0.717) is 16.9 Å². The second-order valence-corrected chi connectivity index (χ2v) is 7.71.